The molecule has 34 heavy (non-hydrogen) atoms. The molecule has 1 saturated heterocycles. The molecule has 9 nitrogen and oxygen atoms in total. The number of hydrogen-bond acceptors (Lipinski definition) is 7. The van der Waals surface area contributed by atoms with E-state index in [1.54, 1.807) is 0 Å². The van der Waals surface area contributed by atoms with Gasteiger partial charge in [0, 0.05) is 37.6 Å². The van der Waals surface area contributed by atoms with E-state index in [-0.39, 0.29) is 18.2 Å². The van der Waals surface area contributed by atoms with E-state index in [4.69, 9.17) is 9.72 Å². The zero-order valence-electron chi connectivity index (χ0n) is 19.1. The minimum absolute atomic E-state index is 0.0525. The number of amides is 1. The monoisotopic (exact) mass is 465 g/mol. The minimum Gasteiger partial charge on any atom is -0.386 e. The summed E-state index contributed by atoms with van der Waals surface area (Å²) in [4.78, 5) is 24.2. The average Bonchev–Trinajstić information content (AvgIpc) is 3.25. The highest BCUT2D eigenvalue weighted by atomic mass is 19.1. The largest absolute Gasteiger partial charge is 0.386 e. The molecule has 3 N–H and O–H groups in total. The van der Waals surface area contributed by atoms with Gasteiger partial charge in [0.25, 0.3) is 0 Å². The van der Waals surface area contributed by atoms with Gasteiger partial charge in [0.2, 0.25) is 0 Å². The lowest BCUT2D eigenvalue weighted by Gasteiger charge is -2.37. The highest BCUT2D eigenvalue weighted by molar-refractivity contribution is 5.94. The number of carbonyl (C=O) groups excluding carboxylic acids is 1. The van der Waals surface area contributed by atoms with E-state index in [0.717, 1.165) is 48.4 Å². The molecule has 2 aromatic heterocycles. The second-order valence-corrected chi connectivity index (χ2v) is 9.27. The molecule has 2 aliphatic heterocycles. The molecule has 178 valence electrons. The summed E-state index contributed by atoms with van der Waals surface area (Å²) in [5.41, 5.74) is 4.65. The topological polar surface area (TPSA) is 96.3 Å². The van der Waals surface area contributed by atoms with Crippen molar-refractivity contribution in [2.45, 2.75) is 50.6 Å². The standard InChI is InChI=1S/C24H28FN7O2/c1-26-19-10-21-28-16-7-14(8-17(9-16)31-6-2-3-15(25)11-31)12-34-20-5-4-18(20)29-24(33)32-13-27-22(19)23(32)30-21/h7-10,13,15,18,20H,2-6,11-12H2,1H3,(H,29,33)(H2,26,28,30)/t15-,18+,20+/m0/s1. The Morgan fingerprint density at radius 1 is 1.21 bits per heavy atom. The summed E-state index contributed by atoms with van der Waals surface area (Å²) in [6.07, 6.45) is 3.84. The molecule has 10 heteroatoms. The molecular formula is C24H28FN7O2. The summed E-state index contributed by atoms with van der Waals surface area (Å²) < 4.78 is 21.8. The molecular weight excluding hydrogens is 437 g/mol. The van der Waals surface area contributed by atoms with Crippen molar-refractivity contribution < 1.29 is 13.9 Å². The van der Waals surface area contributed by atoms with Crippen molar-refractivity contribution in [1.29, 1.82) is 0 Å². The minimum atomic E-state index is -0.815. The molecule has 1 aliphatic carbocycles. The van der Waals surface area contributed by atoms with Crippen LogP contribution >= 0.6 is 0 Å². The van der Waals surface area contributed by atoms with Gasteiger partial charge in [-0.05, 0) is 49.4 Å². The predicted octanol–water partition coefficient (Wildman–Crippen LogP) is 3.77. The van der Waals surface area contributed by atoms with Crippen LogP contribution in [0.2, 0.25) is 0 Å². The maximum Gasteiger partial charge on any atom is 0.328 e. The Balaban J connectivity index is 1.44. The molecule has 1 amide bonds. The van der Waals surface area contributed by atoms with Crippen molar-refractivity contribution in [3.05, 3.63) is 36.2 Å². The molecule has 6 rings (SSSR count). The smallest absolute Gasteiger partial charge is 0.328 e. The van der Waals surface area contributed by atoms with E-state index < -0.39 is 6.17 Å². The van der Waals surface area contributed by atoms with Crippen LogP contribution in [0, 0.1) is 0 Å². The van der Waals surface area contributed by atoms with Crippen LogP contribution in [0.25, 0.3) is 11.2 Å². The Labute approximate surface area is 196 Å². The number of fused-ring (bicyclic) bond motifs is 4. The Morgan fingerprint density at radius 2 is 2.12 bits per heavy atom. The van der Waals surface area contributed by atoms with Gasteiger partial charge in [0.1, 0.15) is 23.8 Å². The number of imidazole rings is 1. The van der Waals surface area contributed by atoms with Crippen LogP contribution in [0.1, 0.15) is 31.2 Å². The molecule has 3 aliphatic rings. The van der Waals surface area contributed by atoms with Gasteiger partial charge in [-0.2, -0.15) is 0 Å². The SMILES string of the molecule is CNc1cc2nc3c1ncn3C(=O)N[C@@H]1CC[C@H]1OCc1cc(cc(N3CCC[C@H](F)C3)c1)N2. The highest BCUT2D eigenvalue weighted by Crippen LogP contribution is 2.32. The van der Waals surface area contributed by atoms with Crippen LogP contribution in [-0.4, -0.2) is 59.0 Å². The van der Waals surface area contributed by atoms with Gasteiger partial charge in [0.15, 0.2) is 5.65 Å². The maximum atomic E-state index is 14.2. The number of ether oxygens (including phenoxy) is 1. The fourth-order valence-corrected chi connectivity index (χ4v) is 4.98. The summed E-state index contributed by atoms with van der Waals surface area (Å²) in [7, 11) is 1.81. The molecule has 4 bridgehead atoms. The molecule has 0 unspecified atom stereocenters. The number of aromatic nitrogens is 3. The number of nitrogens with one attached hydrogen (secondary N) is 3. The number of benzene rings is 1. The number of nitrogens with zero attached hydrogens (tertiary/aromatic N) is 4. The van der Waals surface area contributed by atoms with Crippen LogP contribution in [0.3, 0.4) is 0 Å². The molecule has 1 aromatic carbocycles. The molecule has 4 heterocycles. The molecule has 2 fully saturated rings. The van der Waals surface area contributed by atoms with Crippen LogP contribution in [0.15, 0.2) is 30.6 Å². The number of anilines is 4. The number of hydrogen-bond donors (Lipinski definition) is 3. The van der Waals surface area contributed by atoms with Crippen molar-refractivity contribution in [1.82, 2.24) is 19.9 Å². The Morgan fingerprint density at radius 3 is 2.91 bits per heavy atom. The normalized spacial score (nSPS) is 24.6. The van der Waals surface area contributed by atoms with Crippen LogP contribution in [-0.2, 0) is 11.3 Å². The maximum absolute atomic E-state index is 14.2. The molecule has 1 saturated carbocycles. The summed E-state index contributed by atoms with van der Waals surface area (Å²) in [6.45, 7) is 1.64. The average molecular weight is 466 g/mol. The van der Waals surface area contributed by atoms with Crippen LogP contribution < -0.4 is 20.9 Å². The third kappa shape index (κ3) is 3.81. The Bertz CT molecular complexity index is 1250. The first-order chi connectivity index (χ1) is 16.6. The van der Waals surface area contributed by atoms with E-state index in [2.05, 4.69) is 31.9 Å². The van der Waals surface area contributed by atoms with Gasteiger partial charge >= 0.3 is 6.03 Å². The van der Waals surface area contributed by atoms with Gasteiger partial charge in [-0.3, -0.25) is 0 Å². The second kappa shape index (κ2) is 8.43. The third-order valence-electron chi connectivity index (χ3n) is 6.96. The number of carbonyl (C=O) groups is 1. The number of pyridine rings is 1. The zero-order chi connectivity index (χ0) is 23.2. The Hall–Kier alpha value is -3.40. The van der Waals surface area contributed by atoms with Crippen LogP contribution in [0.5, 0.6) is 0 Å². The quantitative estimate of drug-likeness (QED) is 0.530. The van der Waals surface area contributed by atoms with E-state index in [9.17, 15) is 9.18 Å². The number of piperidine rings is 1. The highest BCUT2D eigenvalue weighted by Gasteiger charge is 2.34. The van der Waals surface area contributed by atoms with Gasteiger partial charge in [0.05, 0.1) is 24.4 Å². The van der Waals surface area contributed by atoms with Crippen molar-refractivity contribution in [3.63, 3.8) is 0 Å². The van der Waals surface area contributed by atoms with Crippen molar-refractivity contribution >= 4 is 40.1 Å². The molecule has 0 radical (unpaired) electrons. The summed E-state index contributed by atoms with van der Waals surface area (Å²) in [6, 6.07) is 7.68. The van der Waals surface area contributed by atoms with Gasteiger partial charge in [-0.15, -0.1) is 0 Å². The van der Waals surface area contributed by atoms with Crippen LogP contribution in [0.4, 0.5) is 32.1 Å². The summed E-state index contributed by atoms with van der Waals surface area (Å²) >= 11 is 0. The lowest BCUT2D eigenvalue weighted by Crippen LogP contribution is -2.52. The second-order valence-electron chi connectivity index (χ2n) is 9.27. The molecule has 0 spiro atoms. The first-order valence-corrected chi connectivity index (χ1v) is 11.9. The van der Waals surface area contributed by atoms with Gasteiger partial charge in [-0.1, -0.05) is 0 Å². The predicted molar refractivity (Wildman–Crippen MR) is 129 cm³/mol. The third-order valence-corrected chi connectivity index (χ3v) is 6.96. The van der Waals surface area contributed by atoms with E-state index >= 15 is 0 Å². The fourth-order valence-electron chi connectivity index (χ4n) is 4.98. The lowest BCUT2D eigenvalue weighted by atomic mass is 9.89. The number of halogens is 1. The van der Waals surface area contributed by atoms with Crippen molar-refractivity contribution in [3.8, 4) is 0 Å². The molecule has 3 atom stereocenters. The first-order valence-electron chi connectivity index (χ1n) is 11.9. The van der Waals surface area contributed by atoms with Crippen molar-refractivity contribution in [2.24, 2.45) is 0 Å². The first kappa shape index (κ1) is 21.2. The molecule has 3 aromatic rings. The zero-order valence-corrected chi connectivity index (χ0v) is 19.1. The number of alkyl halides is 1. The van der Waals surface area contributed by atoms with E-state index in [1.807, 2.05) is 25.2 Å². The van der Waals surface area contributed by atoms with E-state index in [1.165, 1.54) is 10.9 Å². The Kier molecular flexibility index (Phi) is 5.24. The lowest BCUT2D eigenvalue weighted by molar-refractivity contribution is -0.0323. The van der Waals surface area contributed by atoms with Gasteiger partial charge < -0.3 is 25.6 Å². The summed E-state index contributed by atoms with van der Waals surface area (Å²) in [5, 5.41) is 9.60. The fraction of sp³-hybridized carbons (Fsp3) is 0.458. The van der Waals surface area contributed by atoms with Crippen molar-refractivity contribution in [2.75, 3.05) is 35.7 Å². The van der Waals surface area contributed by atoms with E-state index in [0.29, 0.717) is 36.6 Å². The summed E-state index contributed by atoms with van der Waals surface area (Å²) in [5.74, 6) is 0.580. The number of rotatable bonds is 2. The van der Waals surface area contributed by atoms with Gasteiger partial charge in [-0.25, -0.2) is 23.7 Å².